The number of aryl methyl sites for hydroxylation is 3. The Hall–Kier alpha value is 0.270. The summed E-state index contributed by atoms with van der Waals surface area (Å²) in [4.78, 5) is 0. The van der Waals surface area contributed by atoms with Crippen LogP contribution in [-0.4, -0.2) is 20.4 Å². The van der Waals surface area contributed by atoms with Crippen LogP contribution in [0.25, 0.3) is 0 Å². The van der Waals surface area contributed by atoms with Gasteiger partial charge in [-0.25, -0.2) is 0 Å². The number of hydrogen-bond donors (Lipinski definition) is 0. The predicted octanol–water partition coefficient (Wildman–Crippen LogP) is 1.67. The van der Waals surface area contributed by atoms with Crippen LogP contribution in [0, 0.1) is 20.8 Å². The third-order valence-corrected chi connectivity index (χ3v) is 4.34. The van der Waals surface area contributed by atoms with Crippen molar-refractivity contribution in [3.05, 3.63) is 18.8 Å². The molecule has 1 aromatic rings. The molecule has 0 radical (unpaired) electrons. The van der Waals surface area contributed by atoms with E-state index in [9.17, 15) is 0 Å². The average Bonchev–Trinajstić information content (AvgIpc) is 1.85. The molecule has 0 aromatic carbocycles. The molecule has 1 heteroatoms. The Morgan fingerprint density at radius 3 is 2.00 bits per heavy atom. The first-order valence-corrected chi connectivity index (χ1v) is 5.07. The molecule has 0 saturated carbocycles. The quantitative estimate of drug-likeness (QED) is 0.585. The molecule has 0 atom stereocenters. The zero-order valence-electron chi connectivity index (χ0n) is 5.49. The number of hydrogen-bond acceptors (Lipinski definition) is 0. The normalized spacial score (nSPS) is 9.88. The van der Waals surface area contributed by atoms with Gasteiger partial charge >= 0.3 is 60.0 Å². The summed E-state index contributed by atoms with van der Waals surface area (Å²) in [7, 11) is 0. The van der Waals surface area contributed by atoms with Crippen molar-refractivity contribution in [2.24, 2.45) is 0 Å². The summed E-state index contributed by atoms with van der Waals surface area (Å²) >= 11 is 0.157. The van der Waals surface area contributed by atoms with Crippen LogP contribution in [0.2, 0.25) is 0 Å². The van der Waals surface area contributed by atoms with E-state index >= 15 is 0 Å². The van der Waals surface area contributed by atoms with Crippen molar-refractivity contribution in [3.8, 4) is 0 Å². The van der Waals surface area contributed by atoms with Crippen LogP contribution in [0.1, 0.15) is 12.7 Å². The summed E-state index contributed by atoms with van der Waals surface area (Å²) in [6.07, 6.45) is 0. The van der Waals surface area contributed by atoms with Gasteiger partial charge in [-0.2, -0.15) is 0 Å². The Bertz CT molecular complexity index is 167. The van der Waals surface area contributed by atoms with Gasteiger partial charge in [0.25, 0.3) is 0 Å². The predicted molar refractivity (Wildman–Crippen MR) is 37.6 cm³/mol. The second-order valence-electron chi connectivity index (χ2n) is 2.10. The second kappa shape index (κ2) is 2.25. The van der Waals surface area contributed by atoms with Gasteiger partial charge in [-0.05, 0) is 0 Å². The molecule has 0 spiro atoms. The molecular weight excluding hydrogens is 212 g/mol. The van der Waals surface area contributed by atoms with Crippen LogP contribution < -0.4 is 0 Å². The van der Waals surface area contributed by atoms with Crippen LogP contribution >= 0.6 is 0 Å². The van der Waals surface area contributed by atoms with E-state index in [1.807, 2.05) is 0 Å². The third kappa shape index (κ3) is 1.16. The molecule has 0 N–H and O–H groups in total. The molecule has 0 aliphatic heterocycles. The van der Waals surface area contributed by atoms with Gasteiger partial charge in [-0.15, -0.1) is 0 Å². The Labute approximate surface area is 60.2 Å². The molecule has 44 valence electrons. The van der Waals surface area contributed by atoms with Crippen molar-refractivity contribution in [1.29, 1.82) is 0 Å². The van der Waals surface area contributed by atoms with Crippen molar-refractivity contribution < 1.29 is 0 Å². The molecule has 0 fully saturated rings. The Kier molecular flexibility index (Phi) is 1.80. The van der Waals surface area contributed by atoms with Gasteiger partial charge in [0.15, 0.2) is 0 Å². The van der Waals surface area contributed by atoms with Crippen molar-refractivity contribution in [1.82, 2.24) is 0 Å². The maximum atomic E-state index is 2.32. The summed E-state index contributed by atoms with van der Waals surface area (Å²) in [6.45, 7) is 6.70. The third-order valence-electron chi connectivity index (χ3n) is 1.29. The Morgan fingerprint density at radius 2 is 1.88 bits per heavy atom. The molecule has 0 saturated heterocycles. The molecule has 1 heterocycles. The number of rotatable bonds is 0. The zero-order chi connectivity index (χ0) is 6.15. The summed E-state index contributed by atoms with van der Waals surface area (Å²) in [5.41, 5.74) is 1.52. The Morgan fingerprint density at radius 1 is 1.25 bits per heavy atom. The van der Waals surface area contributed by atoms with E-state index in [0.717, 1.165) is 0 Å². The van der Waals surface area contributed by atoms with E-state index in [0.29, 0.717) is 0 Å². The minimum atomic E-state index is 0.157. The van der Waals surface area contributed by atoms with Crippen LogP contribution in [0.3, 0.4) is 0 Å². The van der Waals surface area contributed by atoms with E-state index in [1.165, 1.54) is 5.56 Å². The SMILES string of the molecule is Cc1cc(C)c(C)[te]1. The van der Waals surface area contributed by atoms with Gasteiger partial charge in [0, 0.05) is 0 Å². The van der Waals surface area contributed by atoms with Crippen LogP contribution in [-0.2, 0) is 0 Å². The fraction of sp³-hybridized carbons (Fsp3) is 0.429. The van der Waals surface area contributed by atoms with Gasteiger partial charge in [-0.1, -0.05) is 0 Å². The monoisotopic (exact) mass is 224 g/mol. The molecule has 0 unspecified atom stereocenters. The van der Waals surface area contributed by atoms with Crippen LogP contribution in [0.4, 0.5) is 0 Å². The maximum absolute atomic E-state index is 2.32. The van der Waals surface area contributed by atoms with E-state index < -0.39 is 0 Å². The average molecular weight is 222 g/mol. The summed E-state index contributed by atoms with van der Waals surface area (Å²) in [5.74, 6) is 0. The van der Waals surface area contributed by atoms with E-state index in [1.54, 1.807) is 7.16 Å². The molecule has 8 heavy (non-hydrogen) atoms. The molecular formula is C7H10Te. The first-order chi connectivity index (χ1) is 3.70. The molecule has 1 rings (SSSR count). The summed E-state index contributed by atoms with van der Waals surface area (Å²) < 4.78 is 3.29. The van der Waals surface area contributed by atoms with Gasteiger partial charge in [0.2, 0.25) is 0 Å². The Balaban J connectivity index is 3.14. The first kappa shape index (κ1) is 6.39. The fourth-order valence-electron chi connectivity index (χ4n) is 0.758. The van der Waals surface area contributed by atoms with Gasteiger partial charge < -0.3 is 0 Å². The molecule has 0 amide bonds. The van der Waals surface area contributed by atoms with Gasteiger partial charge in [0.05, 0.1) is 0 Å². The molecule has 0 bridgehead atoms. The van der Waals surface area contributed by atoms with E-state index in [4.69, 9.17) is 0 Å². The molecule has 0 aliphatic carbocycles. The summed E-state index contributed by atoms with van der Waals surface area (Å²) in [5, 5.41) is 0. The van der Waals surface area contributed by atoms with Crippen molar-refractivity contribution in [2.45, 2.75) is 20.8 Å². The van der Waals surface area contributed by atoms with Crippen molar-refractivity contribution >= 4 is 20.4 Å². The summed E-state index contributed by atoms with van der Waals surface area (Å²) in [6, 6.07) is 2.32. The van der Waals surface area contributed by atoms with Crippen LogP contribution in [0.5, 0.6) is 0 Å². The van der Waals surface area contributed by atoms with E-state index in [-0.39, 0.29) is 20.4 Å². The zero-order valence-corrected chi connectivity index (χ0v) is 7.82. The van der Waals surface area contributed by atoms with E-state index in [2.05, 4.69) is 26.8 Å². The first-order valence-electron chi connectivity index (χ1n) is 2.74. The second-order valence-corrected chi connectivity index (χ2v) is 6.26. The molecule has 0 nitrogen and oxygen atoms in total. The van der Waals surface area contributed by atoms with Gasteiger partial charge in [0.1, 0.15) is 0 Å². The van der Waals surface area contributed by atoms with Gasteiger partial charge in [-0.3, -0.25) is 0 Å². The van der Waals surface area contributed by atoms with Crippen molar-refractivity contribution in [2.75, 3.05) is 0 Å². The molecule has 1 aromatic heterocycles. The van der Waals surface area contributed by atoms with Crippen LogP contribution in [0.15, 0.2) is 6.07 Å². The molecule has 0 aliphatic rings. The topological polar surface area (TPSA) is 0 Å². The standard InChI is InChI=1S/C7H10Te/c1-5-4-6(2)8-7(5)3/h4H,1-3H3. The van der Waals surface area contributed by atoms with Crippen molar-refractivity contribution in [3.63, 3.8) is 0 Å². The minimum absolute atomic E-state index is 0.157. The fourth-order valence-corrected chi connectivity index (χ4v) is 3.44.